The summed E-state index contributed by atoms with van der Waals surface area (Å²) in [6.45, 7) is 3.68. The molecule has 0 radical (unpaired) electrons. The highest BCUT2D eigenvalue weighted by Gasteiger charge is 2.15. The largest absolute Gasteiger partial charge is 1.00 e. The van der Waals surface area contributed by atoms with E-state index < -0.39 is 76.6 Å². The van der Waals surface area contributed by atoms with E-state index in [9.17, 15) is 48.2 Å². The number of methoxy groups -OCH3 is 2. The first-order chi connectivity index (χ1) is 23.5. The third kappa shape index (κ3) is 43.9. The molecule has 24 N–H and O–H groups in total. The van der Waals surface area contributed by atoms with Crippen LogP contribution in [0.15, 0.2) is 33.3 Å². The maximum absolute atomic E-state index is 10.5. The van der Waals surface area contributed by atoms with Crippen LogP contribution in [0.3, 0.4) is 0 Å². The molecule has 0 aromatic rings. The Morgan fingerprint density at radius 2 is 1.06 bits per heavy atom. The zero-order valence-electron chi connectivity index (χ0n) is 29.1. The molecule has 0 fully saturated rings. The average Bonchev–Trinajstić information content (AvgIpc) is 3.06. The smallest absolute Gasteiger partial charge is 0.510 e. The lowest BCUT2D eigenvalue weighted by Gasteiger charge is -2.02. The normalized spacial score (nSPS) is 10.8. The molecule has 0 saturated carbocycles. The number of carbonyl (C=O) groups is 8. The number of aliphatic hydroxyl groups is 2. The molecule has 0 aliphatic heterocycles. The Morgan fingerprint density at radius 3 is 1.20 bits per heavy atom. The van der Waals surface area contributed by atoms with Gasteiger partial charge in [-0.05, 0) is 31.1 Å². The lowest BCUT2D eigenvalue weighted by molar-refractivity contribution is -0.143. The van der Waals surface area contributed by atoms with Crippen molar-refractivity contribution in [3.8, 4) is 0 Å². The van der Waals surface area contributed by atoms with Gasteiger partial charge in [0.2, 0.25) is 23.2 Å². The number of nitroso groups, excluding NO2 is 2. The molecule has 51 heavy (non-hydrogen) atoms. The Labute approximate surface area is 290 Å². The molecule has 0 saturated heterocycles. The molecule has 29 nitrogen and oxygen atoms in total. The number of carboxylic acids is 2. The second-order valence-corrected chi connectivity index (χ2v) is 7.80. The van der Waals surface area contributed by atoms with Crippen molar-refractivity contribution in [3.63, 3.8) is 0 Å². The fraction of sp³-hybridized carbons (Fsp3) is 0.455. The lowest BCUT2D eigenvalue weighted by Crippen LogP contribution is -2.39. The number of Topliss-reactive ketones (excluding diaryl/α,β-unsaturated/α-hetero) is 1. The highest BCUT2D eigenvalue weighted by atomic mass is 16.5. The van der Waals surface area contributed by atoms with Crippen LogP contribution in [0.1, 0.15) is 41.5 Å². The molecule has 0 aromatic carbocycles. The van der Waals surface area contributed by atoms with Gasteiger partial charge >= 0.3 is 25.3 Å². The zero-order valence-corrected chi connectivity index (χ0v) is 28.1. The first kappa shape index (κ1) is 60.3. The van der Waals surface area contributed by atoms with Crippen molar-refractivity contribution >= 4 is 47.4 Å². The van der Waals surface area contributed by atoms with Crippen LogP contribution in [0.25, 0.3) is 0 Å². The summed E-state index contributed by atoms with van der Waals surface area (Å²) >= 11 is 0. The van der Waals surface area contributed by atoms with Crippen molar-refractivity contribution in [1.29, 1.82) is 0 Å². The van der Waals surface area contributed by atoms with Crippen molar-refractivity contribution in [2.45, 2.75) is 52.1 Å². The van der Waals surface area contributed by atoms with Gasteiger partial charge < -0.3 is 47.1 Å². The molecule has 0 heterocycles. The highest BCUT2D eigenvalue weighted by Crippen LogP contribution is 2.03. The number of hydrazine groups is 4. The predicted octanol–water partition coefficient (Wildman–Crippen LogP) is -5.81. The molecule has 0 aliphatic carbocycles. The first-order valence-corrected chi connectivity index (χ1v) is 12.6. The number of allylic oxidation sites excluding steroid dienone is 2. The molecule has 296 valence electrons. The summed E-state index contributed by atoms with van der Waals surface area (Å²) < 4.78 is 8.32. The van der Waals surface area contributed by atoms with Crippen LogP contribution in [0.4, 0.5) is 0 Å². The number of hydrogen-bond acceptors (Lipinski definition) is 24. The van der Waals surface area contributed by atoms with Gasteiger partial charge in [-0.25, -0.2) is 16.5 Å². The molecule has 2 unspecified atom stereocenters. The number of ketones is 1. The van der Waals surface area contributed by atoms with E-state index in [4.69, 9.17) is 31.9 Å². The number of carbonyl (C=O) groups excluding carboxylic acids is 6. The fourth-order valence-electron chi connectivity index (χ4n) is 1.61. The van der Waals surface area contributed by atoms with Gasteiger partial charge in [-0.1, -0.05) is 0 Å². The van der Waals surface area contributed by atoms with Crippen LogP contribution in [-0.4, -0.2) is 94.1 Å². The number of esters is 2. The number of nitrogens with zero attached hydrogens (tertiary/aromatic N) is 2. The number of ether oxygens (including phenoxy) is 2. The summed E-state index contributed by atoms with van der Waals surface area (Å²) in [5, 5.41) is 38.0. The Balaban J connectivity index is -0.0000000754. The van der Waals surface area contributed by atoms with Gasteiger partial charge in [0.05, 0.1) is 27.1 Å². The highest BCUT2D eigenvalue weighted by molar-refractivity contribution is 5.94. The quantitative estimate of drug-likeness (QED) is 0.0129. The number of carboxylic acid groups (broad SMARTS) is 2. The number of amides is 3. The molecule has 2 atom stereocenters. The van der Waals surface area contributed by atoms with Gasteiger partial charge in [-0.2, -0.15) is 0 Å². The molecular weight excluding hydrogens is 702 g/mol. The van der Waals surface area contributed by atoms with Gasteiger partial charge in [0, 0.05) is 0 Å². The maximum atomic E-state index is 10.5. The maximum Gasteiger partial charge on any atom is 1.00 e. The van der Waals surface area contributed by atoms with Crippen molar-refractivity contribution in [2.75, 3.05) is 14.2 Å². The van der Waals surface area contributed by atoms with E-state index in [-0.39, 0.29) is 26.5 Å². The topological polar surface area (TPSA) is 553 Å². The molecular formula is C22H48N13O16+. The third-order valence-corrected chi connectivity index (χ3v) is 3.84. The Kier molecular flexibility index (Phi) is 47.4. The standard InChI is InChI=1S/C5H7NO4.C5H8O3.C4H7N3O3.C4H9N3O3.C4H8N2O3.2H4N2/c1-3(7)4(6-9)5(8)10-2;1-4(6)3-5(7)8-2;1-2(8)3(7-10)4(9)6-5;5-2(4(9)10)1-3(8)7-6;5-2(4(8)9)1-3(6)7;2*1-2/h7H,1-2H3;3H2,1-2H3;8H,5H2,1H3,(H,6,9);2H,1,5-6H2,(H,7,8)(H,9,10);2H,1,5H2,(H2,6,7)(H,8,9);2*1-2H2/p+1. The number of aliphatic carboxylic acids is 2. The van der Waals surface area contributed by atoms with Gasteiger partial charge in [0.15, 0.2) is 0 Å². The summed E-state index contributed by atoms with van der Waals surface area (Å²) in [4.78, 5) is 101. The van der Waals surface area contributed by atoms with Crippen molar-refractivity contribution in [1.82, 2.24) is 10.9 Å². The van der Waals surface area contributed by atoms with E-state index in [0.29, 0.717) is 0 Å². The Hall–Kier alpha value is -6.08. The molecule has 0 rings (SSSR count). The van der Waals surface area contributed by atoms with Crippen LogP contribution < -0.4 is 63.1 Å². The minimum Gasteiger partial charge on any atom is -0.510 e. The van der Waals surface area contributed by atoms with Crippen LogP contribution in [0, 0.1) is 9.81 Å². The zero-order chi connectivity index (χ0) is 42.4. The second kappa shape index (κ2) is 40.1. The van der Waals surface area contributed by atoms with Crippen LogP contribution in [0.5, 0.6) is 0 Å². The van der Waals surface area contributed by atoms with Gasteiger partial charge in [-0.15, -0.1) is 9.81 Å². The summed E-state index contributed by atoms with van der Waals surface area (Å²) in [6, 6.07) is -2.34. The minimum absolute atomic E-state index is 0. The van der Waals surface area contributed by atoms with Gasteiger partial charge in [0.1, 0.15) is 35.8 Å². The number of primary amides is 1. The van der Waals surface area contributed by atoms with Crippen LogP contribution in [0.2, 0.25) is 0 Å². The second-order valence-electron chi connectivity index (χ2n) is 7.80. The third-order valence-electron chi connectivity index (χ3n) is 3.84. The summed E-state index contributed by atoms with van der Waals surface area (Å²) in [5.74, 6) is 18.2. The molecule has 29 heteroatoms. The summed E-state index contributed by atoms with van der Waals surface area (Å²) in [6.07, 6.45) is -0.725. The predicted molar refractivity (Wildman–Crippen MR) is 174 cm³/mol. The Bertz CT molecular complexity index is 1140. The lowest BCUT2D eigenvalue weighted by atomic mass is 10.2. The van der Waals surface area contributed by atoms with Crippen molar-refractivity contribution in [2.24, 2.45) is 62.6 Å². The summed E-state index contributed by atoms with van der Waals surface area (Å²) in [5.41, 5.74) is 16.8. The number of nitrogens with one attached hydrogen (secondary N) is 2. The molecule has 0 bridgehead atoms. The van der Waals surface area contributed by atoms with E-state index in [2.05, 4.69) is 60.6 Å². The average molecular weight is 751 g/mol. The SMILES string of the molecule is CC(O)=C(N=O)C(=O)NN.COC(=O)C(N=O)=C(C)O.COC(=O)CC(C)=O.NC(=O)CC(N)C(=O)O.NN.NN.NNC(=O)CC(N)C(=O)O.[H+]. The molecule has 0 aromatic heterocycles. The minimum atomic E-state index is -1.22. The number of hydrogen-bond donors (Lipinski definition) is 15. The number of aliphatic hydroxyl groups excluding tert-OH is 2. The Morgan fingerprint density at radius 1 is 0.686 bits per heavy atom. The molecule has 3 amide bonds. The van der Waals surface area contributed by atoms with E-state index in [0.717, 1.165) is 14.0 Å². The van der Waals surface area contributed by atoms with Gasteiger partial charge in [-0.3, -0.25) is 67.8 Å². The van der Waals surface area contributed by atoms with Crippen molar-refractivity contribution < 1.29 is 69.7 Å². The summed E-state index contributed by atoms with van der Waals surface area (Å²) in [7, 11) is 2.35. The van der Waals surface area contributed by atoms with E-state index >= 15 is 0 Å². The van der Waals surface area contributed by atoms with E-state index in [1.165, 1.54) is 21.0 Å². The number of nitrogens with two attached hydrogens (primary N) is 9. The fourth-order valence-corrected chi connectivity index (χ4v) is 1.61. The van der Waals surface area contributed by atoms with Crippen LogP contribution in [-0.2, 0) is 47.8 Å². The molecule has 0 aliphatic rings. The monoisotopic (exact) mass is 750 g/mol. The molecule has 0 spiro atoms. The van der Waals surface area contributed by atoms with Crippen molar-refractivity contribution in [3.05, 3.63) is 32.7 Å². The van der Waals surface area contributed by atoms with Gasteiger partial charge in [0.25, 0.3) is 5.91 Å². The first-order valence-electron chi connectivity index (χ1n) is 12.6. The van der Waals surface area contributed by atoms with Crippen LogP contribution >= 0.6 is 0 Å². The number of rotatable bonds is 12. The van der Waals surface area contributed by atoms with E-state index in [1.54, 1.807) is 10.9 Å². The van der Waals surface area contributed by atoms with E-state index in [1.807, 2.05) is 0 Å².